The molecular weight excluding hydrogens is 434 g/mol. The van der Waals surface area contributed by atoms with Crippen LogP contribution < -0.4 is 5.32 Å². The molecule has 6 heteroatoms. The second kappa shape index (κ2) is 11.1. The summed E-state index contributed by atoms with van der Waals surface area (Å²) in [5, 5.41) is 3.52. The quantitative estimate of drug-likeness (QED) is 0.640. The number of hydrogen-bond donors (Lipinski definition) is 1. The van der Waals surface area contributed by atoms with Crippen LogP contribution in [0.2, 0.25) is 0 Å². The number of nitrogens with one attached hydrogen (secondary N) is 1. The Labute approximate surface area is 180 Å². The van der Waals surface area contributed by atoms with Gasteiger partial charge in [-0.3, -0.25) is 0 Å². The van der Waals surface area contributed by atoms with Crippen molar-refractivity contribution < 1.29 is 19.1 Å². The van der Waals surface area contributed by atoms with Crippen LogP contribution in [0.4, 0.5) is 0 Å². The molecule has 0 aliphatic carbocycles. The lowest BCUT2D eigenvalue weighted by molar-refractivity contribution is 0.0591. The molecule has 0 aromatic heterocycles. The zero-order valence-electron chi connectivity index (χ0n) is 17.4. The van der Waals surface area contributed by atoms with Gasteiger partial charge in [0.2, 0.25) is 0 Å². The van der Waals surface area contributed by atoms with Gasteiger partial charge < -0.3 is 14.8 Å². The lowest BCUT2D eigenvalue weighted by Crippen LogP contribution is -2.27. The summed E-state index contributed by atoms with van der Waals surface area (Å²) in [4.78, 5) is 22.5. The fraction of sp³-hybridized carbons (Fsp3) is 0.391. The van der Waals surface area contributed by atoms with Crippen LogP contribution >= 0.6 is 15.9 Å². The molecule has 0 radical (unpaired) electrons. The van der Waals surface area contributed by atoms with Gasteiger partial charge in [-0.1, -0.05) is 28.4 Å². The van der Waals surface area contributed by atoms with Gasteiger partial charge in [0.05, 0.1) is 25.3 Å². The van der Waals surface area contributed by atoms with Crippen LogP contribution in [0.5, 0.6) is 0 Å². The second-order valence-electron chi connectivity index (χ2n) is 7.02. The first-order valence-corrected chi connectivity index (χ1v) is 10.4. The average molecular weight is 462 g/mol. The van der Waals surface area contributed by atoms with Gasteiger partial charge in [0.1, 0.15) is 0 Å². The minimum Gasteiger partial charge on any atom is -0.465 e. The zero-order valence-corrected chi connectivity index (χ0v) is 19.0. The van der Waals surface area contributed by atoms with Crippen molar-refractivity contribution in [2.45, 2.75) is 39.2 Å². The molecule has 0 amide bonds. The van der Waals surface area contributed by atoms with Crippen molar-refractivity contribution >= 4 is 27.9 Å². The van der Waals surface area contributed by atoms with Gasteiger partial charge in [0.15, 0.2) is 0 Å². The number of aryl methyl sites for hydroxylation is 2. The summed E-state index contributed by atoms with van der Waals surface area (Å²) in [7, 11) is 2.79. The van der Waals surface area contributed by atoms with Gasteiger partial charge in [-0.05, 0) is 80.3 Å². The molecule has 3 rings (SSSR count). The van der Waals surface area contributed by atoms with Crippen LogP contribution in [-0.4, -0.2) is 32.7 Å². The Hall–Kier alpha value is -2.18. The fourth-order valence-electron chi connectivity index (χ4n) is 3.32. The SMILES string of the molecule is COC(=O)c1ccc(Br)c(C)c1.COC(=O)c1ccc(C2CCCCN2)c(C)c1. The average Bonchev–Trinajstić information content (AvgIpc) is 2.75. The fourth-order valence-corrected chi connectivity index (χ4v) is 3.56. The minimum absolute atomic E-state index is 0.267. The number of piperidine rings is 1. The van der Waals surface area contributed by atoms with Crippen molar-refractivity contribution in [2.24, 2.45) is 0 Å². The highest BCUT2D eigenvalue weighted by Crippen LogP contribution is 2.26. The molecule has 1 saturated heterocycles. The lowest BCUT2D eigenvalue weighted by Gasteiger charge is -2.25. The van der Waals surface area contributed by atoms with E-state index < -0.39 is 0 Å². The Balaban J connectivity index is 0.000000221. The molecule has 2 aromatic carbocycles. The number of ether oxygens (including phenoxy) is 2. The lowest BCUT2D eigenvalue weighted by atomic mass is 9.93. The van der Waals surface area contributed by atoms with Crippen molar-refractivity contribution in [3.05, 3.63) is 68.7 Å². The molecule has 1 atom stereocenters. The molecule has 0 saturated carbocycles. The number of carbonyl (C=O) groups excluding carboxylic acids is 2. The molecule has 1 aliphatic heterocycles. The van der Waals surface area contributed by atoms with Crippen LogP contribution in [0.15, 0.2) is 40.9 Å². The maximum Gasteiger partial charge on any atom is 0.337 e. The number of esters is 2. The van der Waals surface area contributed by atoms with Crippen LogP contribution in [0, 0.1) is 13.8 Å². The first-order valence-electron chi connectivity index (χ1n) is 9.64. The van der Waals surface area contributed by atoms with E-state index in [4.69, 9.17) is 4.74 Å². The van der Waals surface area contributed by atoms with E-state index in [1.165, 1.54) is 39.0 Å². The monoisotopic (exact) mass is 461 g/mol. The van der Waals surface area contributed by atoms with E-state index >= 15 is 0 Å². The van der Waals surface area contributed by atoms with Crippen LogP contribution in [0.3, 0.4) is 0 Å². The summed E-state index contributed by atoms with van der Waals surface area (Å²) in [5.74, 6) is -0.568. The van der Waals surface area contributed by atoms with Crippen molar-refractivity contribution in [3.8, 4) is 0 Å². The van der Waals surface area contributed by atoms with Crippen LogP contribution in [-0.2, 0) is 9.47 Å². The van der Waals surface area contributed by atoms with E-state index in [-0.39, 0.29) is 11.9 Å². The largest absolute Gasteiger partial charge is 0.465 e. The molecule has 0 spiro atoms. The summed E-state index contributed by atoms with van der Waals surface area (Å²) in [6, 6.07) is 11.6. The molecule has 1 N–H and O–H groups in total. The van der Waals surface area contributed by atoms with Gasteiger partial charge in [-0.25, -0.2) is 9.59 Å². The van der Waals surface area contributed by atoms with Gasteiger partial charge in [-0.2, -0.15) is 0 Å². The molecule has 1 fully saturated rings. The number of rotatable bonds is 3. The number of benzene rings is 2. The normalized spacial score (nSPS) is 15.7. The first kappa shape index (κ1) is 23.1. The third kappa shape index (κ3) is 6.41. The smallest absolute Gasteiger partial charge is 0.337 e. The number of methoxy groups -OCH3 is 2. The van der Waals surface area contributed by atoms with E-state index in [0.29, 0.717) is 17.2 Å². The van der Waals surface area contributed by atoms with E-state index in [9.17, 15) is 9.59 Å². The maximum absolute atomic E-state index is 11.4. The van der Waals surface area contributed by atoms with E-state index in [1.807, 2.05) is 31.2 Å². The van der Waals surface area contributed by atoms with Gasteiger partial charge in [-0.15, -0.1) is 0 Å². The van der Waals surface area contributed by atoms with E-state index in [2.05, 4.69) is 32.9 Å². The highest BCUT2D eigenvalue weighted by molar-refractivity contribution is 9.10. The molecule has 156 valence electrons. The Bertz CT molecular complexity index is 860. The summed E-state index contributed by atoms with van der Waals surface area (Å²) in [6.45, 7) is 5.07. The molecule has 5 nitrogen and oxygen atoms in total. The number of hydrogen-bond acceptors (Lipinski definition) is 5. The Morgan fingerprint density at radius 1 is 0.931 bits per heavy atom. The molecule has 29 heavy (non-hydrogen) atoms. The molecule has 0 bridgehead atoms. The standard InChI is InChI=1S/C14H19NO2.C9H9BrO2/c1-10-9-11(14(16)17-2)6-7-12(10)13-5-3-4-8-15-13;1-6-5-7(9(11)12-2)3-4-8(6)10/h6-7,9,13,15H,3-5,8H2,1-2H3;3-5H,1-2H3. The summed E-state index contributed by atoms with van der Waals surface area (Å²) < 4.78 is 10.3. The number of halogens is 1. The van der Waals surface area contributed by atoms with Gasteiger partial charge in [0.25, 0.3) is 0 Å². The summed E-state index contributed by atoms with van der Waals surface area (Å²) in [5.41, 5.74) is 4.70. The van der Waals surface area contributed by atoms with E-state index in [0.717, 1.165) is 22.1 Å². The van der Waals surface area contributed by atoms with Crippen molar-refractivity contribution in [1.82, 2.24) is 5.32 Å². The molecule has 2 aromatic rings. The summed E-state index contributed by atoms with van der Waals surface area (Å²) in [6.07, 6.45) is 3.71. The third-order valence-corrected chi connectivity index (χ3v) is 5.85. The van der Waals surface area contributed by atoms with E-state index in [1.54, 1.807) is 12.1 Å². The van der Waals surface area contributed by atoms with Crippen LogP contribution in [0.25, 0.3) is 0 Å². The van der Waals surface area contributed by atoms with Gasteiger partial charge in [0, 0.05) is 10.5 Å². The topological polar surface area (TPSA) is 64.6 Å². The highest BCUT2D eigenvalue weighted by atomic mass is 79.9. The molecule has 1 aliphatic rings. The van der Waals surface area contributed by atoms with Gasteiger partial charge >= 0.3 is 11.9 Å². The van der Waals surface area contributed by atoms with Crippen molar-refractivity contribution in [1.29, 1.82) is 0 Å². The molecular formula is C23H28BrNO4. The third-order valence-electron chi connectivity index (χ3n) is 4.96. The first-order chi connectivity index (χ1) is 13.9. The number of carbonyl (C=O) groups is 2. The van der Waals surface area contributed by atoms with Crippen molar-refractivity contribution in [2.75, 3.05) is 20.8 Å². The molecule has 1 heterocycles. The zero-order chi connectivity index (χ0) is 21.4. The minimum atomic E-state index is -0.300. The predicted molar refractivity (Wildman–Crippen MR) is 117 cm³/mol. The second-order valence-corrected chi connectivity index (χ2v) is 7.88. The summed E-state index contributed by atoms with van der Waals surface area (Å²) >= 11 is 3.35. The van der Waals surface area contributed by atoms with Crippen molar-refractivity contribution in [3.63, 3.8) is 0 Å². The molecule has 1 unspecified atom stereocenters. The predicted octanol–water partition coefficient (Wildman–Crippen LogP) is 5.14. The Kier molecular flexibility index (Phi) is 8.86. The Morgan fingerprint density at radius 3 is 2.00 bits per heavy atom. The van der Waals surface area contributed by atoms with Crippen LogP contribution in [0.1, 0.15) is 62.7 Å². The highest BCUT2D eigenvalue weighted by Gasteiger charge is 2.17. The Morgan fingerprint density at radius 2 is 1.52 bits per heavy atom. The maximum atomic E-state index is 11.4.